The Kier molecular flexibility index (Phi) is 4.10. The van der Waals surface area contributed by atoms with Gasteiger partial charge in [0.05, 0.1) is 0 Å². The molecule has 1 aromatic rings. The summed E-state index contributed by atoms with van der Waals surface area (Å²) >= 11 is 9.45. The molecule has 0 bridgehead atoms. The first kappa shape index (κ1) is 10.1. The van der Waals surface area contributed by atoms with Crippen LogP contribution in [-0.2, 0) is 6.42 Å². The van der Waals surface area contributed by atoms with Crippen molar-refractivity contribution in [3.63, 3.8) is 0 Å². The Labute approximate surface area is 87.1 Å². The van der Waals surface area contributed by atoms with Gasteiger partial charge in [-0.2, -0.15) is 0 Å². The molecule has 0 amide bonds. The van der Waals surface area contributed by atoms with Crippen LogP contribution in [0.3, 0.4) is 0 Å². The van der Waals surface area contributed by atoms with Crippen LogP contribution in [0.4, 0.5) is 0 Å². The summed E-state index contributed by atoms with van der Waals surface area (Å²) in [6.07, 6.45) is 2.20. The lowest BCUT2D eigenvalue weighted by Gasteiger charge is -2.06. The highest BCUT2D eigenvalue weighted by Crippen LogP contribution is 2.16. The topological polar surface area (TPSA) is 0 Å². The maximum Gasteiger partial charge on any atom is 0.0408 e. The number of hydrogen-bond acceptors (Lipinski definition) is 0. The van der Waals surface area contributed by atoms with Crippen LogP contribution < -0.4 is 0 Å². The zero-order chi connectivity index (χ0) is 8.97. The standard InChI is InChI=1S/C10H12BrCl/c1-2-9(11)6-8-4-3-5-10(12)7-8/h3-5,7,9H,2,6H2,1H3. The summed E-state index contributed by atoms with van der Waals surface area (Å²) in [4.78, 5) is 0.566. The number of halogens is 2. The Balaban J connectivity index is 2.63. The molecule has 0 aromatic heterocycles. The monoisotopic (exact) mass is 246 g/mol. The molecular weight excluding hydrogens is 235 g/mol. The summed E-state index contributed by atoms with van der Waals surface area (Å²) in [5.41, 5.74) is 1.30. The molecule has 1 rings (SSSR count). The molecule has 0 nitrogen and oxygen atoms in total. The van der Waals surface area contributed by atoms with Gasteiger partial charge in [-0.15, -0.1) is 0 Å². The van der Waals surface area contributed by atoms with E-state index in [4.69, 9.17) is 11.6 Å². The molecule has 0 saturated heterocycles. The van der Waals surface area contributed by atoms with Gasteiger partial charge in [0, 0.05) is 9.85 Å². The molecule has 0 aliphatic heterocycles. The van der Waals surface area contributed by atoms with Crippen LogP contribution in [0.2, 0.25) is 5.02 Å². The second kappa shape index (κ2) is 4.88. The van der Waals surface area contributed by atoms with Gasteiger partial charge in [-0.3, -0.25) is 0 Å². The average molecular weight is 248 g/mol. The van der Waals surface area contributed by atoms with Gasteiger partial charge < -0.3 is 0 Å². The predicted molar refractivity (Wildman–Crippen MR) is 58.2 cm³/mol. The van der Waals surface area contributed by atoms with Gasteiger partial charge in [0.1, 0.15) is 0 Å². The van der Waals surface area contributed by atoms with Crippen LogP contribution in [0, 0.1) is 0 Å². The Morgan fingerprint density at radius 2 is 2.25 bits per heavy atom. The van der Waals surface area contributed by atoms with E-state index >= 15 is 0 Å². The molecule has 0 fully saturated rings. The van der Waals surface area contributed by atoms with Gasteiger partial charge in [0.25, 0.3) is 0 Å². The fourth-order valence-electron chi connectivity index (χ4n) is 1.06. The Morgan fingerprint density at radius 3 is 2.83 bits per heavy atom. The quantitative estimate of drug-likeness (QED) is 0.707. The lowest BCUT2D eigenvalue weighted by molar-refractivity contribution is 0.830. The van der Waals surface area contributed by atoms with Crippen molar-refractivity contribution >= 4 is 27.5 Å². The highest BCUT2D eigenvalue weighted by molar-refractivity contribution is 9.09. The van der Waals surface area contributed by atoms with E-state index in [0.29, 0.717) is 4.83 Å². The third-order valence-electron chi connectivity index (χ3n) is 1.79. The summed E-state index contributed by atoms with van der Waals surface area (Å²) in [6, 6.07) is 8.02. The Hall–Kier alpha value is -0.0100. The van der Waals surface area contributed by atoms with Crippen molar-refractivity contribution in [1.82, 2.24) is 0 Å². The van der Waals surface area contributed by atoms with Gasteiger partial charge in [-0.1, -0.05) is 46.6 Å². The number of alkyl halides is 1. The summed E-state index contributed by atoms with van der Waals surface area (Å²) in [7, 11) is 0. The normalized spacial score (nSPS) is 12.9. The number of hydrogen-bond donors (Lipinski definition) is 0. The summed E-state index contributed by atoms with van der Waals surface area (Å²) < 4.78 is 0. The average Bonchev–Trinajstić information content (AvgIpc) is 2.04. The molecule has 0 spiro atoms. The van der Waals surface area contributed by atoms with Crippen molar-refractivity contribution in [2.45, 2.75) is 24.6 Å². The second-order valence-corrected chi connectivity index (χ2v) is 4.57. The second-order valence-electron chi connectivity index (χ2n) is 2.84. The Morgan fingerprint density at radius 1 is 1.50 bits per heavy atom. The fourth-order valence-corrected chi connectivity index (χ4v) is 1.65. The van der Waals surface area contributed by atoms with Crippen LogP contribution in [0.5, 0.6) is 0 Å². The molecular formula is C10H12BrCl. The van der Waals surface area contributed by atoms with E-state index in [1.54, 1.807) is 0 Å². The van der Waals surface area contributed by atoms with E-state index in [2.05, 4.69) is 28.9 Å². The van der Waals surface area contributed by atoms with Gasteiger partial charge in [-0.05, 0) is 30.5 Å². The molecule has 1 atom stereocenters. The molecule has 0 heterocycles. The first-order chi connectivity index (χ1) is 5.72. The minimum atomic E-state index is 0.566. The zero-order valence-corrected chi connectivity index (χ0v) is 9.40. The van der Waals surface area contributed by atoms with Crippen LogP contribution >= 0.6 is 27.5 Å². The minimum absolute atomic E-state index is 0.566. The van der Waals surface area contributed by atoms with Crippen molar-refractivity contribution in [3.05, 3.63) is 34.9 Å². The first-order valence-corrected chi connectivity index (χ1v) is 5.40. The molecule has 0 saturated carbocycles. The lowest BCUT2D eigenvalue weighted by Crippen LogP contribution is -1.99. The largest absolute Gasteiger partial charge is 0.0887 e. The van der Waals surface area contributed by atoms with E-state index in [9.17, 15) is 0 Å². The van der Waals surface area contributed by atoms with E-state index < -0.39 is 0 Å². The van der Waals surface area contributed by atoms with Crippen LogP contribution in [0.25, 0.3) is 0 Å². The Bertz CT molecular complexity index is 247. The van der Waals surface area contributed by atoms with Crippen molar-refractivity contribution in [1.29, 1.82) is 0 Å². The van der Waals surface area contributed by atoms with Crippen molar-refractivity contribution in [3.8, 4) is 0 Å². The molecule has 0 aliphatic carbocycles. The van der Waals surface area contributed by atoms with Crippen LogP contribution in [0.1, 0.15) is 18.9 Å². The van der Waals surface area contributed by atoms with Crippen LogP contribution in [-0.4, -0.2) is 4.83 Å². The molecule has 0 radical (unpaired) electrons. The molecule has 66 valence electrons. The van der Waals surface area contributed by atoms with Gasteiger partial charge in [0.15, 0.2) is 0 Å². The predicted octanol–water partition coefficient (Wildman–Crippen LogP) is 4.06. The highest BCUT2D eigenvalue weighted by atomic mass is 79.9. The van der Waals surface area contributed by atoms with Gasteiger partial charge in [0.2, 0.25) is 0 Å². The SMILES string of the molecule is CCC(Br)Cc1cccc(Cl)c1. The van der Waals surface area contributed by atoms with E-state index in [0.717, 1.165) is 17.9 Å². The summed E-state index contributed by atoms with van der Waals surface area (Å²) in [5, 5.41) is 0.823. The maximum absolute atomic E-state index is 5.86. The number of benzene rings is 1. The fraction of sp³-hybridized carbons (Fsp3) is 0.400. The third kappa shape index (κ3) is 3.16. The number of rotatable bonds is 3. The molecule has 12 heavy (non-hydrogen) atoms. The maximum atomic E-state index is 5.86. The minimum Gasteiger partial charge on any atom is -0.0887 e. The first-order valence-electron chi connectivity index (χ1n) is 4.11. The molecule has 1 unspecified atom stereocenters. The highest BCUT2D eigenvalue weighted by Gasteiger charge is 2.02. The molecule has 2 heteroatoms. The van der Waals surface area contributed by atoms with Gasteiger partial charge >= 0.3 is 0 Å². The summed E-state index contributed by atoms with van der Waals surface area (Å²) in [6.45, 7) is 2.17. The smallest absolute Gasteiger partial charge is 0.0408 e. The summed E-state index contributed by atoms with van der Waals surface area (Å²) in [5.74, 6) is 0. The van der Waals surface area contributed by atoms with E-state index in [1.807, 2.05) is 18.2 Å². The molecule has 1 aromatic carbocycles. The zero-order valence-electron chi connectivity index (χ0n) is 7.06. The molecule has 0 aliphatic rings. The van der Waals surface area contributed by atoms with Crippen molar-refractivity contribution in [2.75, 3.05) is 0 Å². The van der Waals surface area contributed by atoms with Crippen molar-refractivity contribution in [2.24, 2.45) is 0 Å². The van der Waals surface area contributed by atoms with Gasteiger partial charge in [-0.25, -0.2) is 0 Å². The molecule has 0 N–H and O–H groups in total. The van der Waals surface area contributed by atoms with Crippen LogP contribution in [0.15, 0.2) is 24.3 Å². The van der Waals surface area contributed by atoms with E-state index in [1.165, 1.54) is 5.56 Å². The van der Waals surface area contributed by atoms with E-state index in [-0.39, 0.29) is 0 Å². The third-order valence-corrected chi connectivity index (χ3v) is 3.00. The lowest BCUT2D eigenvalue weighted by atomic mass is 10.1. The van der Waals surface area contributed by atoms with Crippen molar-refractivity contribution < 1.29 is 0 Å².